The molecule has 1 heterocycles. The normalized spacial score (nSPS) is 12.9. The minimum Gasteiger partial charge on any atom is -0.324 e. The Bertz CT molecular complexity index is 319. The topological polar surface area (TPSA) is 26.0 Å². The average Bonchev–Trinajstić information content (AvgIpc) is 2.28. The number of nitrogens with two attached hydrogens (primary N) is 1. The van der Waals surface area contributed by atoms with E-state index in [2.05, 4.69) is 6.58 Å². The molecule has 0 aliphatic heterocycles. The molecule has 1 rings (SSSR count). The van der Waals surface area contributed by atoms with Crippen molar-refractivity contribution in [1.82, 2.24) is 0 Å². The summed E-state index contributed by atoms with van der Waals surface area (Å²) in [6, 6.07) is 1.73. The molecule has 0 saturated carbocycles. The van der Waals surface area contributed by atoms with Crippen LogP contribution in [-0.4, -0.2) is 0 Å². The molecule has 0 spiro atoms. The van der Waals surface area contributed by atoms with Crippen molar-refractivity contribution in [3.63, 3.8) is 0 Å². The summed E-state index contributed by atoms with van der Waals surface area (Å²) in [5, 5.41) is 0. The minimum atomic E-state index is -0.0891. The van der Waals surface area contributed by atoms with E-state index in [1.54, 1.807) is 0 Å². The molecule has 0 aliphatic rings. The molecular formula is C9H11Cl2NS. The lowest BCUT2D eigenvalue weighted by Gasteiger charge is -2.09. The summed E-state index contributed by atoms with van der Waals surface area (Å²) >= 11 is 13.1. The minimum absolute atomic E-state index is 0.0891. The van der Waals surface area contributed by atoms with Crippen molar-refractivity contribution in [2.24, 2.45) is 5.73 Å². The molecule has 1 atom stereocenters. The van der Waals surface area contributed by atoms with Gasteiger partial charge >= 0.3 is 0 Å². The maximum Gasteiger partial charge on any atom is 0.0992 e. The Hall–Kier alpha value is -0.0200. The van der Waals surface area contributed by atoms with Gasteiger partial charge < -0.3 is 5.73 Å². The van der Waals surface area contributed by atoms with Crippen LogP contribution in [0.25, 0.3) is 0 Å². The molecule has 0 aromatic carbocycles. The molecule has 1 nitrogen and oxygen atoms in total. The summed E-state index contributed by atoms with van der Waals surface area (Å²) in [6.45, 7) is 5.75. The van der Waals surface area contributed by atoms with Crippen molar-refractivity contribution in [1.29, 1.82) is 0 Å². The van der Waals surface area contributed by atoms with Gasteiger partial charge in [0.05, 0.1) is 8.67 Å². The predicted octanol–water partition coefficient (Wildman–Crippen LogP) is 4.02. The first kappa shape index (κ1) is 11.1. The average molecular weight is 236 g/mol. The maximum absolute atomic E-state index is 5.95. The van der Waals surface area contributed by atoms with Gasteiger partial charge in [0.15, 0.2) is 0 Å². The highest BCUT2D eigenvalue weighted by atomic mass is 35.5. The van der Waals surface area contributed by atoms with Gasteiger partial charge in [-0.05, 0) is 19.4 Å². The second kappa shape index (κ2) is 4.47. The van der Waals surface area contributed by atoms with Gasteiger partial charge in [0.1, 0.15) is 0 Å². The van der Waals surface area contributed by atoms with E-state index in [1.165, 1.54) is 11.3 Å². The van der Waals surface area contributed by atoms with Crippen molar-refractivity contribution in [2.75, 3.05) is 0 Å². The van der Waals surface area contributed by atoms with Crippen molar-refractivity contribution in [2.45, 2.75) is 19.4 Å². The third-order valence-electron chi connectivity index (χ3n) is 1.65. The van der Waals surface area contributed by atoms with Crippen LogP contribution in [0.3, 0.4) is 0 Å². The molecule has 1 aromatic rings. The molecule has 0 aliphatic carbocycles. The Morgan fingerprint density at radius 1 is 1.69 bits per heavy atom. The standard InChI is InChI=1S/C9H11Cl2NS/c1-5(2)3-7(12)6-4-8(10)13-9(6)11/h4,7H,1,3,12H2,2H3. The number of hydrogen-bond donors (Lipinski definition) is 1. The van der Waals surface area contributed by atoms with Crippen LogP contribution in [0.1, 0.15) is 24.9 Å². The van der Waals surface area contributed by atoms with Crippen molar-refractivity contribution < 1.29 is 0 Å². The molecule has 2 N–H and O–H groups in total. The van der Waals surface area contributed by atoms with E-state index >= 15 is 0 Å². The van der Waals surface area contributed by atoms with E-state index in [0.717, 1.165) is 17.6 Å². The van der Waals surface area contributed by atoms with Crippen molar-refractivity contribution in [3.05, 3.63) is 32.5 Å². The van der Waals surface area contributed by atoms with Gasteiger partial charge in [-0.1, -0.05) is 28.8 Å². The lowest BCUT2D eigenvalue weighted by molar-refractivity contribution is 0.720. The smallest absolute Gasteiger partial charge is 0.0992 e. The lowest BCUT2D eigenvalue weighted by Crippen LogP contribution is -2.09. The van der Waals surface area contributed by atoms with Crippen LogP contribution in [0, 0.1) is 0 Å². The van der Waals surface area contributed by atoms with Crippen LogP contribution in [-0.2, 0) is 0 Å². The van der Waals surface area contributed by atoms with E-state index in [0.29, 0.717) is 8.67 Å². The third kappa shape index (κ3) is 2.99. The Labute approximate surface area is 92.2 Å². The van der Waals surface area contributed by atoms with Gasteiger partial charge in [-0.2, -0.15) is 0 Å². The van der Waals surface area contributed by atoms with Crippen LogP contribution < -0.4 is 5.73 Å². The van der Waals surface area contributed by atoms with Crippen LogP contribution in [0.2, 0.25) is 8.67 Å². The maximum atomic E-state index is 5.95. The van der Waals surface area contributed by atoms with E-state index in [-0.39, 0.29) is 6.04 Å². The Morgan fingerprint density at radius 2 is 2.31 bits per heavy atom. The summed E-state index contributed by atoms with van der Waals surface area (Å²) in [7, 11) is 0. The molecular weight excluding hydrogens is 225 g/mol. The lowest BCUT2D eigenvalue weighted by atomic mass is 10.0. The molecule has 1 unspecified atom stereocenters. The molecule has 0 bridgehead atoms. The fourth-order valence-corrected chi connectivity index (χ4v) is 2.69. The number of thiophene rings is 1. The number of rotatable bonds is 3. The van der Waals surface area contributed by atoms with Gasteiger partial charge in [0, 0.05) is 11.6 Å². The highest BCUT2D eigenvalue weighted by Gasteiger charge is 2.13. The molecule has 0 fully saturated rings. The van der Waals surface area contributed by atoms with E-state index in [4.69, 9.17) is 28.9 Å². The van der Waals surface area contributed by atoms with Gasteiger partial charge in [-0.3, -0.25) is 0 Å². The number of halogens is 2. The zero-order valence-electron chi connectivity index (χ0n) is 7.31. The van der Waals surface area contributed by atoms with Gasteiger partial charge in [-0.25, -0.2) is 0 Å². The van der Waals surface area contributed by atoms with Crippen LogP contribution in [0.4, 0.5) is 0 Å². The molecule has 0 amide bonds. The zero-order chi connectivity index (χ0) is 10.0. The summed E-state index contributed by atoms with van der Waals surface area (Å²) in [5.74, 6) is 0. The first-order valence-corrected chi connectivity index (χ1v) is 5.42. The molecule has 1 aromatic heterocycles. The summed E-state index contributed by atoms with van der Waals surface area (Å²) in [6.07, 6.45) is 0.743. The fourth-order valence-electron chi connectivity index (χ4n) is 1.09. The Balaban J connectivity index is 2.81. The fraction of sp³-hybridized carbons (Fsp3) is 0.333. The summed E-state index contributed by atoms with van der Waals surface area (Å²) < 4.78 is 1.36. The van der Waals surface area contributed by atoms with Crippen LogP contribution in [0.5, 0.6) is 0 Å². The van der Waals surface area contributed by atoms with Crippen molar-refractivity contribution in [3.8, 4) is 0 Å². The summed E-state index contributed by atoms with van der Waals surface area (Å²) in [5.41, 5.74) is 7.88. The largest absolute Gasteiger partial charge is 0.324 e. The zero-order valence-corrected chi connectivity index (χ0v) is 9.64. The quantitative estimate of drug-likeness (QED) is 0.788. The predicted molar refractivity (Wildman–Crippen MR) is 60.7 cm³/mol. The molecule has 4 heteroatoms. The van der Waals surface area contributed by atoms with Crippen LogP contribution >= 0.6 is 34.5 Å². The number of hydrogen-bond acceptors (Lipinski definition) is 2. The first-order valence-electron chi connectivity index (χ1n) is 3.85. The molecule has 0 radical (unpaired) electrons. The second-order valence-corrected chi connectivity index (χ2v) is 5.33. The Kier molecular flexibility index (Phi) is 3.80. The molecule has 13 heavy (non-hydrogen) atoms. The summed E-state index contributed by atoms with van der Waals surface area (Å²) in [4.78, 5) is 0. The molecule has 0 saturated heterocycles. The van der Waals surface area contributed by atoms with Crippen LogP contribution in [0.15, 0.2) is 18.2 Å². The highest BCUT2D eigenvalue weighted by molar-refractivity contribution is 7.20. The van der Waals surface area contributed by atoms with E-state index in [1.807, 2.05) is 13.0 Å². The Morgan fingerprint density at radius 3 is 2.69 bits per heavy atom. The van der Waals surface area contributed by atoms with Gasteiger partial charge in [0.25, 0.3) is 0 Å². The van der Waals surface area contributed by atoms with Crippen molar-refractivity contribution >= 4 is 34.5 Å². The van der Waals surface area contributed by atoms with E-state index < -0.39 is 0 Å². The monoisotopic (exact) mass is 235 g/mol. The SMILES string of the molecule is C=C(C)CC(N)c1cc(Cl)sc1Cl. The first-order chi connectivity index (χ1) is 6.00. The second-order valence-electron chi connectivity index (χ2n) is 3.05. The van der Waals surface area contributed by atoms with E-state index in [9.17, 15) is 0 Å². The van der Waals surface area contributed by atoms with Gasteiger partial charge in [0.2, 0.25) is 0 Å². The third-order valence-corrected chi connectivity index (χ3v) is 3.17. The highest BCUT2D eigenvalue weighted by Crippen LogP contribution is 2.35. The molecule has 72 valence electrons. The van der Waals surface area contributed by atoms with Gasteiger partial charge in [-0.15, -0.1) is 17.9 Å².